The fourth-order valence-corrected chi connectivity index (χ4v) is 1.51. The average Bonchev–Trinajstić information content (AvgIpc) is 2.37. The molecule has 1 heterocycles. The zero-order valence-electron chi connectivity index (χ0n) is 11.0. The molecular weight excluding hydrogens is 234 g/mol. The van der Waals surface area contributed by atoms with Gasteiger partial charge in [0, 0.05) is 20.2 Å². The lowest BCUT2D eigenvalue weighted by Crippen LogP contribution is -2.25. The van der Waals surface area contributed by atoms with Crippen molar-refractivity contribution < 1.29 is 14.3 Å². The Morgan fingerprint density at radius 3 is 2.89 bits per heavy atom. The Morgan fingerprint density at radius 1 is 1.56 bits per heavy atom. The zero-order valence-corrected chi connectivity index (χ0v) is 11.0. The first kappa shape index (κ1) is 14.2. The number of pyridine rings is 1. The lowest BCUT2D eigenvalue weighted by molar-refractivity contribution is 0.0601. The van der Waals surface area contributed by atoms with Gasteiger partial charge in [-0.25, -0.2) is 9.78 Å². The Hall–Kier alpha value is -1.82. The van der Waals surface area contributed by atoms with Crippen LogP contribution in [0, 0.1) is 0 Å². The van der Waals surface area contributed by atoms with Crippen LogP contribution < -0.4 is 10.6 Å². The molecule has 0 spiro atoms. The molecule has 2 N–H and O–H groups in total. The number of nitrogen functional groups attached to an aromatic ring is 1. The topological polar surface area (TPSA) is 77.7 Å². The highest BCUT2D eigenvalue weighted by atomic mass is 16.5. The molecule has 6 nitrogen and oxygen atoms in total. The Balaban J connectivity index is 2.89. The van der Waals surface area contributed by atoms with Crippen LogP contribution in [0.15, 0.2) is 12.3 Å². The van der Waals surface area contributed by atoms with E-state index in [9.17, 15) is 4.79 Å². The molecule has 0 radical (unpaired) electrons. The van der Waals surface area contributed by atoms with Crippen molar-refractivity contribution in [2.24, 2.45) is 0 Å². The number of anilines is 2. The summed E-state index contributed by atoms with van der Waals surface area (Å²) in [5, 5.41) is 0. The second-order valence-corrected chi connectivity index (χ2v) is 3.74. The molecule has 0 aliphatic heterocycles. The molecule has 0 atom stereocenters. The van der Waals surface area contributed by atoms with Gasteiger partial charge in [0.2, 0.25) is 0 Å². The average molecular weight is 253 g/mol. The molecule has 6 heteroatoms. The van der Waals surface area contributed by atoms with Crippen LogP contribution >= 0.6 is 0 Å². The molecule has 0 aliphatic carbocycles. The Labute approximate surface area is 107 Å². The summed E-state index contributed by atoms with van der Waals surface area (Å²) in [4.78, 5) is 17.5. The van der Waals surface area contributed by atoms with E-state index in [0.717, 1.165) is 0 Å². The van der Waals surface area contributed by atoms with Crippen LogP contribution in [-0.2, 0) is 9.47 Å². The van der Waals surface area contributed by atoms with Gasteiger partial charge in [-0.2, -0.15) is 0 Å². The standard InChI is InChI=1S/C12H19N3O3/c1-4-18-6-5-15(2)10-8-14-11(13)7-9(10)12(16)17-3/h7-8H,4-6H2,1-3H3,(H2,13,14). The van der Waals surface area contributed by atoms with Crippen LogP contribution in [-0.4, -0.2) is 44.9 Å². The minimum atomic E-state index is -0.428. The molecule has 0 saturated heterocycles. The van der Waals surface area contributed by atoms with Gasteiger partial charge in [0.15, 0.2) is 0 Å². The highest BCUT2D eigenvalue weighted by molar-refractivity contribution is 5.96. The molecular formula is C12H19N3O3. The molecule has 100 valence electrons. The van der Waals surface area contributed by atoms with Crippen LogP contribution in [0.5, 0.6) is 0 Å². The second kappa shape index (κ2) is 6.80. The van der Waals surface area contributed by atoms with E-state index < -0.39 is 5.97 Å². The van der Waals surface area contributed by atoms with Crippen LogP contribution in [0.2, 0.25) is 0 Å². The molecule has 1 rings (SSSR count). The van der Waals surface area contributed by atoms with Crippen molar-refractivity contribution in [1.29, 1.82) is 0 Å². The van der Waals surface area contributed by atoms with Crippen LogP contribution in [0.3, 0.4) is 0 Å². The Morgan fingerprint density at radius 2 is 2.28 bits per heavy atom. The Bertz CT molecular complexity index is 410. The first-order valence-electron chi connectivity index (χ1n) is 5.72. The molecule has 0 saturated carbocycles. The lowest BCUT2D eigenvalue weighted by Gasteiger charge is -2.21. The smallest absolute Gasteiger partial charge is 0.340 e. The number of likely N-dealkylation sites (N-methyl/N-ethyl adjacent to an activating group) is 1. The maximum atomic E-state index is 11.7. The number of ether oxygens (including phenoxy) is 2. The van der Waals surface area contributed by atoms with Gasteiger partial charge in [0.1, 0.15) is 5.82 Å². The van der Waals surface area contributed by atoms with Crippen LogP contribution in [0.25, 0.3) is 0 Å². The van der Waals surface area contributed by atoms with Gasteiger partial charge in [-0.15, -0.1) is 0 Å². The van der Waals surface area contributed by atoms with Crippen molar-refractivity contribution in [1.82, 2.24) is 4.98 Å². The molecule has 0 amide bonds. The van der Waals surface area contributed by atoms with Crippen molar-refractivity contribution in [3.05, 3.63) is 17.8 Å². The SMILES string of the molecule is CCOCCN(C)c1cnc(N)cc1C(=O)OC. The lowest BCUT2D eigenvalue weighted by atomic mass is 10.2. The third-order valence-electron chi connectivity index (χ3n) is 2.50. The number of rotatable bonds is 6. The highest BCUT2D eigenvalue weighted by Crippen LogP contribution is 2.20. The summed E-state index contributed by atoms with van der Waals surface area (Å²) in [6, 6.07) is 1.51. The third-order valence-corrected chi connectivity index (χ3v) is 2.50. The van der Waals surface area contributed by atoms with E-state index in [1.807, 2.05) is 18.9 Å². The van der Waals surface area contributed by atoms with Gasteiger partial charge in [0.05, 0.1) is 31.2 Å². The molecule has 0 bridgehead atoms. The summed E-state index contributed by atoms with van der Waals surface area (Å²) in [6.07, 6.45) is 1.56. The summed E-state index contributed by atoms with van der Waals surface area (Å²) >= 11 is 0. The number of carbonyl (C=O) groups excluding carboxylic acids is 1. The van der Waals surface area contributed by atoms with E-state index in [0.29, 0.717) is 31.0 Å². The summed E-state index contributed by atoms with van der Waals surface area (Å²) in [5.41, 5.74) is 6.66. The molecule has 0 aliphatic rings. The molecule has 0 unspecified atom stereocenters. The summed E-state index contributed by atoms with van der Waals surface area (Å²) in [7, 11) is 3.20. The van der Waals surface area contributed by atoms with Crippen molar-refractivity contribution in [3.63, 3.8) is 0 Å². The number of nitrogens with zero attached hydrogens (tertiary/aromatic N) is 2. The van der Waals surface area contributed by atoms with E-state index in [1.165, 1.54) is 13.2 Å². The first-order chi connectivity index (χ1) is 8.60. The number of hydrogen-bond acceptors (Lipinski definition) is 6. The van der Waals surface area contributed by atoms with E-state index in [4.69, 9.17) is 15.2 Å². The molecule has 1 aromatic rings. The molecule has 18 heavy (non-hydrogen) atoms. The molecule has 0 fully saturated rings. The number of methoxy groups -OCH3 is 1. The maximum Gasteiger partial charge on any atom is 0.340 e. The fourth-order valence-electron chi connectivity index (χ4n) is 1.51. The highest BCUT2D eigenvalue weighted by Gasteiger charge is 2.16. The number of esters is 1. The van der Waals surface area contributed by atoms with Gasteiger partial charge >= 0.3 is 5.97 Å². The maximum absolute atomic E-state index is 11.7. The minimum absolute atomic E-state index is 0.289. The number of hydrogen-bond donors (Lipinski definition) is 1. The summed E-state index contributed by atoms with van der Waals surface area (Å²) in [6.45, 7) is 3.84. The zero-order chi connectivity index (χ0) is 13.5. The summed E-state index contributed by atoms with van der Waals surface area (Å²) in [5.74, 6) is -0.139. The third kappa shape index (κ3) is 3.59. The number of nitrogens with two attached hydrogens (primary N) is 1. The fraction of sp³-hybridized carbons (Fsp3) is 0.500. The van der Waals surface area contributed by atoms with Crippen LogP contribution in [0.1, 0.15) is 17.3 Å². The second-order valence-electron chi connectivity index (χ2n) is 3.74. The van der Waals surface area contributed by atoms with Gasteiger partial charge in [0.25, 0.3) is 0 Å². The predicted molar refractivity (Wildman–Crippen MR) is 69.8 cm³/mol. The van der Waals surface area contributed by atoms with Crippen molar-refractivity contribution in [3.8, 4) is 0 Å². The monoisotopic (exact) mass is 253 g/mol. The van der Waals surface area contributed by atoms with Gasteiger partial charge in [-0.3, -0.25) is 0 Å². The van der Waals surface area contributed by atoms with Crippen molar-refractivity contribution in [2.45, 2.75) is 6.92 Å². The largest absolute Gasteiger partial charge is 0.465 e. The van der Waals surface area contributed by atoms with Crippen molar-refractivity contribution in [2.75, 3.05) is 44.5 Å². The van der Waals surface area contributed by atoms with Crippen molar-refractivity contribution >= 4 is 17.5 Å². The van der Waals surface area contributed by atoms with E-state index in [2.05, 4.69) is 4.98 Å². The quantitative estimate of drug-likeness (QED) is 0.600. The van der Waals surface area contributed by atoms with E-state index in [-0.39, 0.29) is 5.82 Å². The molecule has 1 aromatic heterocycles. The van der Waals surface area contributed by atoms with Gasteiger partial charge in [-0.05, 0) is 13.0 Å². The Kier molecular flexibility index (Phi) is 5.38. The van der Waals surface area contributed by atoms with Gasteiger partial charge < -0.3 is 20.1 Å². The first-order valence-corrected chi connectivity index (χ1v) is 5.72. The van der Waals surface area contributed by atoms with Gasteiger partial charge in [-0.1, -0.05) is 0 Å². The number of aromatic nitrogens is 1. The van der Waals surface area contributed by atoms with Crippen LogP contribution in [0.4, 0.5) is 11.5 Å². The normalized spacial score (nSPS) is 10.2. The molecule has 0 aromatic carbocycles. The predicted octanol–water partition coefficient (Wildman–Crippen LogP) is 0.923. The minimum Gasteiger partial charge on any atom is -0.465 e. The van der Waals surface area contributed by atoms with E-state index >= 15 is 0 Å². The summed E-state index contributed by atoms with van der Waals surface area (Å²) < 4.78 is 10.0. The number of carbonyl (C=O) groups is 1. The van der Waals surface area contributed by atoms with E-state index in [1.54, 1.807) is 6.20 Å².